The quantitative estimate of drug-likeness (QED) is 0.655. The minimum absolute atomic E-state index is 0.212. The van der Waals surface area contributed by atoms with E-state index in [0.29, 0.717) is 12.2 Å². The van der Waals surface area contributed by atoms with Gasteiger partial charge in [0.1, 0.15) is 0 Å². The van der Waals surface area contributed by atoms with E-state index in [0.717, 1.165) is 20.2 Å². The summed E-state index contributed by atoms with van der Waals surface area (Å²) in [6.07, 6.45) is 0.674. The second kappa shape index (κ2) is 6.11. The van der Waals surface area contributed by atoms with Gasteiger partial charge in [-0.1, -0.05) is 18.7 Å². The largest absolute Gasteiger partial charge is 0.399 e. The molecule has 0 aliphatic heterocycles. The predicted octanol–water partition coefficient (Wildman–Crippen LogP) is 2.80. The lowest BCUT2D eigenvalue weighted by atomic mass is 10.3. The van der Waals surface area contributed by atoms with Gasteiger partial charge in [0, 0.05) is 17.2 Å². The van der Waals surface area contributed by atoms with E-state index in [1.807, 2.05) is 25.1 Å². The molecule has 0 saturated heterocycles. The lowest BCUT2D eigenvalue weighted by Gasteiger charge is -2.00. The van der Waals surface area contributed by atoms with Crippen LogP contribution in [-0.4, -0.2) is 30.7 Å². The second-order valence-electron chi connectivity index (χ2n) is 4.21. The molecule has 7 heteroatoms. The average molecular weight is 316 g/mol. The third-order valence-electron chi connectivity index (χ3n) is 2.53. The van der Waals surface area contributed by atoms with Crippen LogP contribution in [0, 0.1) is 0 Å². The van der Waals surface area contributed by atoms with Crippen LogP contribution >= 0.6 is 23.1 Å². The zero-order chi connectivity index (χ0) is 13.9. The first-order valence-corrected chi connectivity index (χ1v) is 9.62. The Morgan fingerprint density at radius 2 is 2.16 bits per heavy atom. The van der Waals surface area contributed by atoms with Crippen molar-refractivity contribution in [2.24, 2.45) is 0 Å². The van der Waals surface area contributed by atoms with Gasteiger partial charge >= 0.3 is 0 Å². The van der Waals surface area contributed by atoms with Crippen molar-refractivity contribution in [1.29, 1.82) is 0 Å². The van der Waals surface area contributed by atoms with E-state index < -0.39 is 9.84 Å². The number of hydrogen-bond donors (Lipinski definition) is 1. The van der Waals surface area contributed by atoms with Gasteiger partial charge in [-0.15, -0.1) is 11.3 Å². The minimum Gasteiger partial charge on any atom is -0.399 e. The molecule has 0 aliphatic rings. The summed E-state index contributed by atoms with van der Waals surface area (Å²) < 4.78 is 25.1. The molecule has 19 heavy (non-hydrogen) atoms. The maximum absolute atomic E-state index is 11.6. The van der Waals surface area contributed by atoms with E-state index in [1.165, 1.54) is 11.8 Å². The first-order chi connectivity index (χ1) is 9.00. The number of nitrogens with zero attached hydrogens (tertiary/aromatic N) is 1. The summed E-state index contributed by atoms with van der Waals surface area (Å²) in [5.41, 5.74) is 7.35. The zero-order valence-electron chi connectivity index (χ0n) is 10.6. The van der Waals surface area contributed by atoms with Gasteiger partial charge in [0.2, 0.25) is 0 Å². The van der Waals surface area contributed by atoms with Gasteiger partial charge in [-0.3, -0.25) is 0 Å². The van der Waals surface area contributed by atoms with Crippen LogP contribution in [0.4, 0.5) is 5.69 Å². The first kappa shape index (κ1) is 14.6. The molecule has 1 heterocycles. The van der Waals surface area contributed by atoms with E-state index in [1.54, 1.807) is 11.3 Å². The molecule has 1 aromatic carbocycles. The van der Waals surface area contributed by atoms with Crippen molar-refractivity contribution in [2.45, 2.75) is 17.7 Å². The summed E-state index contributed by atoms with van der Waals surface area (Å²) in [4.78, 5) is 4.45. The average Bonchev–Trinajstić information content (AvgIpc) is 2.70. The second-order valence-corrected chi connectivity index (χ2v) is 8.88. The number of nitrogen functional groups attached to an aromatic ring is 1. The summed E-state index contributed by atoms with van der Waals surface area (Å²) >= 11 is 3.04. The number of hydrogen-bond acceptors (Lipinski definition) is 6. The highest BCUT2D eigenvalue weighted by Gasteiger charge is 2.11. The molecular formula is C12H16N2O2S3. The fraction of sp³-hybridized carbons (Fsp3) is 0.417. The Morgan fingerprint density at radius 3 is 2.89 bits per heavy atom. The Hall–Kier alpha value is -0.790. The molecule has 0 unspecified atom stereocenters. The van der Waals surface area contributed by atoms with Gasteiger partial charge in [0.05, 0.1) is 16.0 Å². The van der Waals surface area contributed by atoms with Gasteiger partial charge in [0.25, 0.3) is 0 Å². The third kappa shape index (κ3) is 4.09. The number of fused-ring (bicyclic) bond motifs is 1. The Kier molecular flexibility index (Phi) is 4.70. The number of aromatic nitrogens is 1. The van der Waals surface area contributed by atoms with Gasteiger partial charge in [-0.05, 0) is 24.6 Å². The number of sulfone groups is 1. The van der Waals surface area contributed by atoms with E-state index >= 15 is 0 Å². The number of thioether (sulfide) groups is 1. The van der Waals surface area contributed by atoms with Gasteiger partial charge in [-0.25, -0.2) is 13.4 Å². The van der Waals surface area contributed by atoms with Crippen LogP contribution in [-0.2, 0) is 9.84 Å². The highest BCUT2D eigenvalue weighted by atomic mass is 32.2. The topological polar surface area (TPSA) is 73.0 Å². The normalized spacial score (nSPS) is 12.1. The number of nitrogens with two attached hydrogens (primary N) is 1. The fourth-order valence-electron chi connectivity index (χ4n) is 1.65. The van der Waals surface area contributed by atoms with Crippen LogP contribution in [0.5, 0.6) is 0 Å². The van der Waals surface area contributed by atoms with Crippen molar-refractivity contribution in [2.75, 3.05) is 23.0 Å². The summed E-state index contributed by atoms with van der Waals surface area (Å²) in [5.74, 6) is 1.03. The molecule has 2 aromatic rings. The molecule has 1 aromatic heterocycles. The van der Waals surface area contributed by atoms with Crippen LogP contribution in [0.2, 0.25) is 0 Å². The highest BCUT2D eigenvalue weighted by molar-refractivity contribution is 8.02. The molecule has 0 spiro atoms. The molecule has 2 rings (SSSR count). The molecule has 2 N–H and O–H groups in total. The van der Waals surface area contributed by atoms with Crippen LogP contribution in [0.25, 0.3) is 10.2 Å². The van der Waals surface area contributed by atoms with Crippen LogP contribution in [0.1, 0.15) is 13.3 Å². The molecule has 104 valence electrons. The molecule has 0 saturated carbocycles. The van der Waals surface area contributed by atoms with E-state index in [-0.39, 0.29) is 11.5 Å². The summed E-state index contributed by atoms with van der Waals surface area (Å²) in [7, 11) is -2.90. The van der Waals surface area contributed by atoms with E-state index in [9.17, 15) is 8.42 Å². The summed E-state index contributed by atoms with van der Waals surface area (Å²) in [5, 5.41) is 0. The molecule has 4 nitrogen and oxygen atoms in total. The number of thiazole rings is 1. The van der Waals surface area contributed by atoms with Gasteiger partial charge < -0.3 is 5.73 Å². The van der Waals surface area contributed by atoms with Crippen molar-refractivity contribution in [3.63, 3.8) is 0 Å². The highest BCUT2D eigenvalue weighted by Crippen LogP contribution is 2.30. The molecule has 0 bridgehead atoms. The smallest absolute Gasteiger partial charge is 0.151 e. The maximum atomic E-state index is 11.6. The number of anilines is 1. The van der Waals surface area contributed by atoms with Crippen molar-refractivity contribution < 1.29 is 8.42 Å². The minimum atomic E-state index is -2.90. The summed E-state index contributed by atoms with van der Waals surface area (Å²) in [6.45, 7) is 1.88. The third-order valence-corrected chi connectivity index (χ3v) is 6.81. The Morgan fingerprint density at radius 1 is 1.37 bits per heavy atom. The molecule has 0 atom stereocenters. The molecule has 0 radical (unpaired) electrons. The van der Waals surface area contributed by atoms with Crippen molar-refractivity contribution in [3.05, 3.63) is 18.2 Å². The van der Waals surface area contributed by atoms with Crippen molar-refractivity contribution in [3.8, 4) is 0 Å². The lowest BCUT2D eigenvalue weighted by Crippen LogP contribution is -2.11. The maximum Gasteiger partial charge on any atom is 0.151 e. The Labute approximate surface area is 121 Å². The SMILES string of the molecule is CCCS(=O)(=O)CCSc1nc2ccc(N)cc2s1. The Bertz CT molecular complexity index is 665. The van der Waals surface area contributed by atoms with Crippen molar-refractivity contribution in [1.82, 2.24) is 4.98 Å². The van der Waals surface area contributed by atoms with Crippen LogP contribution < -0.4 is 5.73 Å². The monoisotopic (exact) mass is 316 g/mol. The van der Waals surface area contributed by atoms with Crippen LogP contribution in [0.3, 0.4) is 0 Å². The lowest BCUT2D eigenvalue weighted by molar-refractivity contribution is 0.596. The molecule has 0 aliphatic carbocycles. The van der Waals surface area contributed by atoms with E-state index in [2.05, 4.69) is 4.98 Å². The molecule has 0 fully saturated rings. The molecular weight excluding hydrogens is 300 g/mol. The van der Waals surface area contributed by atoms with Gasteiger partial charge in [0.15, 0.2) is 14.2 Å². The summed E-state index contributed by atoms with van der Waals surface area (Å²) in [6, 6.07) is 5.60. The van der Waals surface area contributed by atoms with Crippen molar-refractivity contribution >= 4 is 48.8 Å². The van der Waals surface area contributed by atoms with Gasteiger partial charge in [-0.2, -0.15) is 0 Å². The standard InChI is InChI=1S/C12H16N2O2S3/c1-2-6-19(15,16)7-5-17-12-14-10-4-3-9(13)8-11(10)18-12/h3-4,8H,2,5-7,13H2,1H3. The fourth-order valence-corrected chi connectivity index (χ4v) is 5.66. The van der Waals surface area contributed by atoms with Crippen LogP contribution in [0.15, 0.2) is 22.5 Å². The number of benzene rings is 1. The number of rotatable bonds is 6. The molecule has 0 amide bonds. The van der Waals surface area contributed by atoms with E-state index in [4.69, 9.17) is 5.73 Å². The first-order valence-electron chi connectivity index (χ1n) is 5.99. The Balaban J connectivity index is 1.99. The predicted molar refractivity (Wildman–Crippen MR) is 83.7 cm³/mol. The zero-order valence-corrected chi connectivity index (χ0v) is 13.1.